The van der Waals surface area contributed by atoms with Crippen LogP contribution in [0.4, 0.5) is 11.4 Å². The number of anilines is 1. The number of nitrogens with zero attached hydrogens (tertiary/aromatic N) is 2. The summed E-state index contributed by atoms with van der Waals surface area (Å²) in [5.41, 5.74) is 0.636. The van der Waals surface area contributed by atoms with Crippen LogP contribution < -0.4 is 10.1 Å². The maximum absolute atomic E-state index is 12.3. The molecule has 9 nitrogen and oxygen atoms in total. The van der Waals surface area contributed by atoms with Crippen molar-refractivity contribution in [3.63, 3.8) is 0 Å². The van der Waals surface area contributed by atoms with Crippen molar-refractivity contribution in [3.8, 4) is 16.3 Å². The van der Waals surface area contributed by atoms with E-state index in [4.69, 9.17) is 9.47 Å². The van der Waals surface area contributed by atoms with Crippen LogP contribution in [0.25, 0.3) is 10.6 Å². The van der Waals surface area contributed by atoms with Gasteiger partial charge in [0.2, 0.25) is 0 Å². The summed E-state index contributed by atoms with van der Waals surface area (Å²) in [4.78, 5) is 39.3. The molecule has 1 unspecified atom stereocenters. The molecule has 0 spiro atoms. The second-order valence-corrected chi connectivity index (χ2v) is 6.94. The zero-order chi connectivity index (χ0) is 21.7. The Hall–Kier alpha value is -3.79. The van der Waals surface area contributed by atoms with E-state index >= 15 is 0 Å². The highest BCUT2D eigenvalue weighted by atomic mass is 32.1. The first kappa shape index (κ1) is 20.9. The van der Waals surface area contributed by atoms with E-state index in [9.17, 15) is 19.7 Å². The average Bonchev–Trinajstić information content (AvgIpc) is 3.24. The normalized spacial score (nSPS) is 11.4. The highest BCUT2D eigenvalue weighted by Crippen LogP contribution is 2.26. The van der Waals surface area contributed by atoms with Crippen molar-refractivity contribution in [1.82, 2.24) is 4.98 Å². The minimum atomic E-state index is -1.18. The minimum absolute atomic E-state index is 0.0193. The van der Waals surface area contributed by atoms with Crippen LogP contribution in [0.3, 0.4) is 0 Å². The van der Waals surface area contributed by atoms with E-state index in [-0.39, 0.29) is 17.1 Å². The fraction of sp³-hybridized carbons (Fsp3) is 0.150. The standard InChI is InChI=1S/C20H17N3O6S/c1-12(18(24)21-15-5-3-4-6-17(15)23(26)27)29-20(25)16-11-30-19(22-16)13-7-9-14(28-2)10-8-13/h3-12H,1-2H3,(H,21,24). The summed E-state index contributed by atoms with van der Waals surface area (Å²) in [5, 5.41) is 15.6. The molecule has 30 heavy (non-hydrogen) atoms. The number of hydrogen-bond donors (Lipinski definition) is 1. The quantitative estimate of drug-likeness (QED) is 0.345. The summed E-state index contributed by atoms with van der Waals surface area (Å²) in [7, 11) is 1.57. The van der Waals surface area contributed by atoms with Crippen molar-refractivity contribution < 1.29 is 24.0 Å². The molecule has 154 valence electrons. The molecule has 1 atom stereocenters. The third-order valence-electron chi connectivity index (χ3n) is 4.06. The van der Waals surface area contributed by atoms with Gasteiger partial charge in [-0.05, 0) is 37.3 Å². The highest BCUT2D eigenvalue weighted by molar-refractivity contribution is 7.13. The van der Waals surface area contributed by atoms with Gasteiger partial charge in [-0.2, -0.15) is 0 Å². The van der Waals surface area contributed by atoms with Crippen LogP contribution in [-0.2, 0) is 9.53 Å². The molecule has 0 bridgehead atoms. The van der Waals surface area contributed by atoms with Crippen LogP contribution in [-0.4, -0.2) is 35.0 Å². The Morgan fingerprint density at radius 3 is 2.53 bits per heavy atom. The van der Waals surface area contributed by atoms with E-state index in [0.717, 1.165) is 5.56 Å². The van der Waals surface area contributed by atoms with Crippen LogP contribution in [0.2, 0.25) is 0 Å². The Bertz CT molecular complexity index is 1080. The lowest BCUT2D eigenvalue weighted by Crippen LogP contribution is -2.30. The summed E-state index contributed by atoms with van der Waals surface area (Å²) >= 11 is 1.26. The first-order valence-electron chi connectivity index (χ1n) is 8.74. The maximum atomic E-state index is 12.3. The Labute approximate surface area is 175 Å². The third kappa shape index (κ3) is 4.78. The molecule has 10 heteroatoms. The number of carbonyl (C=O) groups is 2. The lowest BCUT2D eigenvalue weighted by Gasteiger charge is -2.12. The zero-order valence-electron chi connectivity index (χ0n) is 16.0. The van der Waals surface area contributed by atoms with E-state index in [1.54, 1.807) is 25.3 Å². The zero-order valence-corrected chi connectivity index (χ0v) is 16.8. The van der Waals surface area contributed by atoms with Gasteiger partial charge in [0.05, 0.1) is 12.0 Å². The molecule has 1 heterocycles. The van der Waals surface area contributed by atoms with Crippen molar-refractivity contribution in [2.24, 2.45) is 0 Å². The van der Waals surface area contributed by atoms with Crippen LogP contribution >= 0.6 is 11.3 Å². The molecule has 3 rings (SSSR count). The second-order valence-electron chi connectivity index (χ2n) is 6.08. The molecule has 0 fully saturated rings. The van der Waals surface area contributed by atoms with E-state index < -0.39 is 22.9 Å². The monoisotopic (exact) mass is 427 g/mol. The number of ether oxygens (including phenoxy) is 2. The number of para-hydroxylation sites is 2. The van der Waals surface area contributed by atoms with E-state index in [1.807, 2.05) is 12.1 Å². The van der Waals surface area contributed by atoms with Gasteiger partial charge in [0.1, 0.15) is 16.4 Å². The highest BCUT2D eigenvalue weighted by Gasteiger charge is 2.23. The van der Waals surface area contributed by atoms with Gasteiger partial charge in [-0.3, -0.25) is 14.9 Å². The number of rotatable bonds is 7. The Morgan fingerprint density at radius 1 is 1.17 bits per heavy atom. The number of methoxy groups -OCH3 is 1. The van der Waals surface area contributed by atoms with Gasteiger partial charge in [-0.1, -0.05) is 12.1 Å². The number of thiazole rings is 1. The molecular weight excluding hydrogens is 410 g/mol. The fourth-order valence-electron chi connectivity index (χ4n) is 2.48. The number of nitro benzene ring substituents is 1. The molecule has 1 N–H and O–H groups in total. The topological polar surface area (TPSA) is 121 Å². The molecule has 0 aliphatic rings. The summed E-state index contributed by atoms with van der Waals surface area (Å²) in [5.74, 6) is -0.757. The van der Waals surface area contributed by atoms with Gasteiger partial charge in [-0.25, -0.2) is 9.78 Å². The smallest absolute Gasteiger partial charge is 0.358 e. The number of nitro groups is 1. The number of esters is 1. The van der Waals surface area contributed by atoms with E-state index in [2.05, 4.69) is 10.3 Å². The molecule has 0 radical (unpaired) electrons. The number of carbonyl (C=O) groups excluding carboxylic acids is 2. The molecule has 1 amide bonds. The van der Waals surface area contributed by atoms with Crippen molar-refractivity contribution in [3.05, 3.63) is 69.7 Å². The SMILES string of the molecule is COc1ccc(-c2nc(C(=O)OC(C)C(=O)Nc3ccccc3[N+](=O)[O-])cs2)cc1. The van der Waals surface area contributed by atoms with Crippen molar-refractivity contribution in [2.75, 3.05) is 12.4 Å². The molecule has 0 aliphatic heterocycles. The Kier molecular flexibility index (Phi) is 6.38. The van der Waals surface area contributed by atoms with Crippen LogP contribution in [0.5, 0.6) is 5.75 Å². The van der Waals surface area contributed by atoms with Gasteiger partial charge in [0.15, 0.2) is 11.8 Å². The molecule has 0 aliphatic carbocycles. The summed E-state index contributed by atoms with van der Waals surface area (Å²) in [6.45, 7) is 1.37. The Balaban J connectivity index is 1.65. The first-order chi connectivity index (χ1) is 14.4. The molecule has 0 saturated carbocycles. The summed E-state index contributed by atoms with van der Waals surface area (Å²) in [6.07, 6.45) is -1.18. The molecule has 1 aromatic heterocycles. The lowest BCUT2D eigenvalue weighted by atomic mass is 10.2. The van der Waals surface area contributed by atoms with E-state index in [0.29, 0.717) is 10.8 Å². The van der Waals surface area contributed by atoms with E-state index in [1.165, 1.54) is 41.8 Å². The average molecular weight is 427 g/mol. The van der Waals surface area contributed by atoms with Crippen molar-refractivity contribution in [2.45, 2.75) is 13.0 Å². The number of nitrogens with one attached hydrogen (secondary N) is 1. The lowest BCUT2D eigenvalue weighted by molar-refractivity contribution is -0.383. The van der Waals surface area contributed by atoms with Crippen molar-refractivity contribution in [1.29, 1.82) is 0 Å². The number of aromatic nitrogens is 1. The van der Waals surface area contributed by atoms with Crippen LogP contribution in [0, 0.1) is 10.1 Å². The van der Waals surface area contributed by atoms with Gasteiger partial charge in [0.25, 0.3) is 11.6 Å². The third-order valence-corrected chi connectivity index (χ3v) is 4.95. The van der Waals surface area contributed by atoms with Gasteiger partial charge in [-0.15, -0.1) is 11.3 Å². The molecule has 0 saturated heterocycles. The minimum Gasteiger partial charge on any atom is -0.497 e. The van der Waals surface area contributed by atoms with Gasteiger partial charge < -0.3 is 14.8 Å². The first-order valence-corrected chi connectivity index (χ1v) is 9.62. The second kappa shape index (κ2) is 9.14. The predicted octanol–water partition coefficient (Wildman–Crippen LogP) is 3.91. The predicted molar refractivity (Wildman–Crippen MR) is 111 cm³/mol. The number of amides is 1. The molecule has 2 aromatic carbocycles. The van der Waals surface area contributed by atoms with Gasteiger partial charge in [0, 0.05) is 17.0 Å². The fourth-order valence-corrected chi connectivity index (χ4v) is 3.28. The number of benzene rings is 2. The summed E-state index contributed by atoms with van der Waals surface area (Å²) in [6, 6.07) is 12.9. The largest absolute Gasteiger partial charge is 0.497 e. The van der Waals surface area contributed by atoms with Crippen LogP contribution in [0.1, 0.15) is 17.4 Å². The number of hydrogen-bond acceptors (Lipinski definition) is 8. The van der Waals surface area contributed by atoms with Crippen molar-refractivity contribution >= 4 is 34.6 Å². The molecule has 3 aromatic rings. The Morgan fingerprint density at radius 2 is 1.87 bits per heavy atom. The summed E-state index contributed by atoms with van der Waals surface area (Å²) < 4.78 is 10.3. The van der Waals surface area contributed by atoms with Gasteiger partial charge >= 0.3 is 5.97 Å². The maximum Gasteiger partial charge on any atom is 0.358 e. The molecular formula is C20H17N3O6S. The van der Waals surface area contributed by atoms with Crippen LogP contribution in [0.15, 0.2) is 53.9 Å².